The summed E-state index contributed by atoms with van der Waals surface area (Å²) in [7, 11) is 0. The zero-order chi connectivity index (χ0) is 14.9. The number of nitrogens with one attached hydrogen (secondary N) is 1. The molecule has 2 aromatic carbocycles. The lowest BCUT2D eigenvalue weighted by Gasteiger charge is -2.26. The third-order valence-electron chi connectivity index (χ3n) is 3.95. The van der Waals surface area contributed by atoms with Crippen molar-refractivity contribution in [2.24, 2.45) is 0 Å². The van der Waals surface area contributed by atoms with E-state index in [0.717, 1.165) is 0 Å². The first kappa shape index (κ1) is 14.5. The molecule has 3 rings (SSSR count). The molecule has 1 heterocycles. The first-order valence-electron chi connectivity index (χ1n) is 7.01. The molecular formula is C17H19NO2S. The van der Waals surface area contributed by atoms with Gasteiger partial charge in [0.25, 0.3) is 0 Å². The second-order valence-corrected chi connectivity index (χ2v) is 6.57. The largest absolute Gasteiger partial charge is 0.394 e. The smallest absolute Gasteiger partial charge is 0.0633 e. The van der Waals surface area contributed by atoms with Crippen LogP contribution in [0.25, 0.3) is 20.9 Å². The van der Waals surface area contributed by atoms with Gasteiger partial charge in [-0.3, -0.25) is 0 Å². The van der Waals surface area contributed by atoms with Crippen molar-refractivity contribution in [3.05, 3.63) is 47.3 Å². The molecular weight excluding hydrogens is 282 g/mol. The van der Waals surface area contributed by atoms with Gasteiger partial charge < -0.3 is 15.5 Å². The predicted molar refractivity (Wildman–Crippen MR) is 88.7 cm³/mol. The monoisotopic (exact) mass is 301 g/mol. The number of thiophene rings is 1. The van der Waals surface area contributed by atoms with Gasteiger partial charge >= 0.3 is 0 Å². The summed E-state index contributed by atoms with van der Waals surface area (Å²) in [6.45, 7) is 2.24. The summed E-state index contributed by atoms with van der Waals surface area (Å²) >= 11 is 1.76. The molecule has 0 unspecified atom stereocenters. The minimum absolute atomic E-state index is 0.0951. The Bertz CT molecular complexity index is 762. The van der Waals surface area contributed by atoms with Gasteiger partial charge in [-0.25, -0.2) is 0 Å². The quantitative estimate of drug-likeness (QED) is 0.679. The highest BCUT2D eigenvalue weighted by molar-refractivity contribution is 7.18. The normalized spacial score (nSPS) is 12.3. The number of hydrogen-bond acceptors (Lipinski definition) is 4. The minimum atomic E-state index is -0.662. The summed E-state index contributed by atoms with van der Waals surface area (Å²) in [6, 6.07) is 12.7. The molecule has 4 heteroatoms. The average Bonchev–Trinajstić information content (AvgIpc) is 3.01. The van der Waals surface area contributed by atoms with E-state index in [1.54, 1.807) is 11.3 Å². The summed E-state index contributed by atoms with van der Waals surface area (Å²) in [4.78, 5) is 0. The average molecular weight is 301 g/mol. The molecule has 3 aromatic rings. The first-order chi connectivity index (χ1) is 10.2. The standard InChI is InChI=1S/C17H19NO2S/c1-17(10-19,11-20)18-9-13-8-12-6-7-21-16(12)15-5-3-2-4-14(13)15/h2-8,18-20H,9-11H2,1H3. The second kappa shape index (κ2) is 5.73. The van der Waals surface area contributed by atoms with Crippen LogP contribution in [0.2, 0.25) is 0 Å². The summed E-state index contributed by atoms with van der Waals surface area (Å²) in [6.07, 6.45) is 0. The Labute approximate surface area is 127 Å². The van der Waals surface area contributed by atoms with Gasteiger partial charge in [0.1, 0.15) is 0 Å². The minimum Gasteiger partial charge on any atom is -0.394 e. The Hall–Kier alpha value is -1.46. The summed E-state index contributed by atoms with van der Waals surface area (Å²) in [5.74, 6) is 0. The van der Waals surface area contributed by atoms with E-state index in [4.69, 9.17) is 0 Å². The van der Waals surface area contributed by atoms with Crippen molar-refractivity contribution in [1.82, 2.24) is 5.32 Å². The van der Waals surface area contributed by atoms with Crippen molar-refractivity contribution in [3.8, 4) is 0 Å². The topological polar surface area (TPSA) is 52.5 Å². The van der Waals surface area contributed by atoms with Crippen LogP contribution in [0.1, 0.15) is 12.5 Å². The molecule has 0 radical (unpaired) electrons. The van der Waals surface area contributed by atoms with Crippen molar-refractivity contribution in [1.29, 1.82) is 0 Å². The zero-order valence-electron chi connectivity index (χ0n) is 12.0. The fraction of sp³-hybridized carbons (Fsp3) is 0.294. The van der Waals surface area contributed by atoms with E-state index in [9.17, 15) is 10.2 Å². The number of benzene rings is 2. The Kier molecular flexibility index (Phi) is 3.95. The number of fused-ring (bicyclic) bond motifs is 3. The first-order valence-corrected chi connectivity index (χ1v) is 7.89. The van der Waals surface area contributed by atoms with E-state index in [1.807, 2.05) is 13.0 Å². The van der Waals surface area contributed by atoms with Crippen LogP contribution in [0.15, 0.2) is 41.8 Å². The van der Waals surface area contributed by atoms with Crippen LogP contribution in [-0.2, 0) is 6.54 Å². The van der Waals surface area contributed by atoms with Crippen molar-refractivity contribution in [3.63, 3.8) is 0 Å². The van der Waals surface area contributed by atoms with E-state index in [2.05, 4.69) is 41.0 Å². The second-order valence-electron chi connectivity index (χ2n) is 5.65. The molecule has 0 fully saturated rings. The van der Waals surface area contributed by atoms with Crippen LogP contribution < -0.4 is 5.32 Å². The van der Waals surface area contributed by atoms with Gasteiger partial charge in [-0.1, -0.05) is 24.3 Å². The molecule has 0 atom stereocenters. The summed E-state index contributed by atoms with van der Waals surface area (Å²) < 4.78 is 1.31. The van der Waals surface area contributed by atoms with Gasteiger partial charge in [0.15, 0.2) is 0 Å². The Morgan fingerprint density at radius 3 is 2.52 bits per heavy atom. The maximum atomic E-state index is 9.39. The van der Waals surface area contributed by atoms with Gasteiger partial charge in [0, 0.05) is 11.2 Å². The van der Waals surface area contributed by atoms with Crippen LogP contribution in [0.3, 0.4) is 0 Å². The third kappa shape index (κ3) is 2.68. The van der Waals surface area contributed by atoms with Gasteiger partial charge in [-0.2, -0.15) is 0 Å². The molecule has 0 saturated heterocycles. The highest BCUT2D eigenvalue weighted by Gasteiger charge is 2.21. The summed E-state index contributed by atoms with van der Waals surface area (Å²) in [5.41, 5.74) is 0.523. The number of aliphatic hydroxyl groups is 2. The van der Waals surface area contributed by atoms with E-state index < -0.39 is 5.54 Å². The molecule has 0 aliphatic carbocycles. The predicted octanol–water partition coefficient (Wildman–Crippen LogP) is 2.89. The maximum absolute atomic E-state index is 9.39. The van der Waals surface area contributed by atoms with Crippen molar-refractivity contribution in [2.45, 2.75) is 19.0 Å². The lowest BCUT2D eigenvalue weighted by atomic mass is 10.00. The van der Waals surface area contributed by atoms with Gasteiger partial charge in [-0.05, 0) is 46.2 Å². The van der Waals surface area contributed by atoms with E-state index in [-0.39, 0.29) is 13.2 Å². The molecule has 0 saturated carbocycles. The van der Waals surface area contributed by atoms with Gasteiger partial charge in [-0.15, -0.1) is 11.3 Å². The molecule has 3 nitrogen and oxygen atoms in total. The highest BCUT2D eigenvalue weighted by Crippen LogP contribution is 2.32. The molecule has 0 spiro atoms. The van der Waals surface area contributed by atoms with Gasteiger partial charge in [0.05, 0.1) is 18.8 Å². The summed E-state index contributed by atoms with van der Waals surface area (Å²) in [5, 5.41) is 27.9. The van der Waals surface area contributed by atoms with Crippen LogP contribution in [0, 0.1) is 0 Å². The van der Waals surface area contributed by atoms with Crippen molar-refractivity contribution >= 4 is 32.2 Å². The van der Waals surface area contributed by atoms with Gasteiger partial charge in [0.2, 0.25) is 0 Å². The van der Waals surface area contributed by atoms with Crippen molar-refractivity contribution < 1.29 is 10.2 Å². The molecule has 0 aliphatic rings. The fourth-order valence-corrected chi connectivity index (χ4v) is 3.41. The zero-order valence-corrected chi connectivity index (χ0v) is 12.8. The molecule has 0 bridgehead atoms. The Balaban J connectivity index is 2.04. The molecule has 0 aliphatic heterocycles. The van der Waals surface area contributed by atoms with Crippen LogP contribution in [0.4, 0.5) is 0 Å². The Morgan fingerprint density at radius 1 is 1.10 bits per heavy atom. The number of hydrogen-bond donors (Lipinski definition) is 3. The highest BCUT2D eigenvalue weighted by atomic mass is 32.1. The fourth-order valence-electron chi connectivity index (χ4n) is 2.50. The number of rotatable bonds is 5. The number of aliphatic hydroxyl groups excluding tert-OH is 2. The molecule has 3 N–H and O–H groups in total. The Morgan fingerprint density at radius 2 is 1.81 bits per heavy atom. The lowest BCUT2D eigenvalue weighted by Crippen LogP contribution is -2.48. The molecule has 0 amide bonds. The van der Waals surface area contributed by atoms with E-state index in [0.29, 0.717) is 6.54 Å². The SMILES string of the molecule is CC(CO)(CO)NCc1cc2ccsc2c2ccccc12. The maximum Gasteiger partial charge on any atom is 0.0633 e. The van der Waals surface area contributed by atoms with Crippen LogP contribution >= 0.6 is 11.3 Å². The third-order valence-corrected chi connectivity index (χ3v) is 4.91. The van der Waals surface area contributed by atoms with Crippen molar-refractivity contribution in [2.75, 3.05) is 13.2 Å². The van der Waals surface area contributed by atoms with E-state index >= 15 is 0 Å². The molecule has 21 heavy (non-hydrogen) atoms. The van der Waals surface area contributed by atoms with Crippen LogP contribution in [-0.4, -0.2) is 29.0 Å². The molecule has 110 valence electrons. The van der Waals surface area contributed by atoms with Crippen LogP contribution in [0.5, 0.6) is 0 Å². The lowest BCUT2D eigenvalue weighted by molar-refractivity contribution is 0.103. The van der Waals surface area contributed by atoms with E-state index in [1.165, 1.54) is 26.4 Å². The molecule has 1 aromatic heterocycles.